The minimum Gasteiger partial charge on any atom is -0.385 e. The van der Waals surface area contributed by atoms with Crippen LogP contribution in [0.2, 0.25) is 0 Å². The highest BCUT2D eigenvalue weighted by atomic mass is 32.2. The highest BCUT2D eigenvalue weighted by Crippen LogP contribution is 2.20. The van der Waals surface area contributed by atoms with E-state index >= 15 is 0 Å². The average molecular weight is 278 g/mol. The van der Waals surface area contributed by atoms with E-state index in [9.17, 15) is 4.79 Å². The van der Waals surface area contributed by atoms with Crippen molar-refractivity contribution in [1.82, 2.24) is 5.32 Å². The van der Waals surface area contributed by atoms with Crippen molar-refractivity contribution < 1.29 is 4.79 Å². The predicted octanol–water partition coefficient (Wildman–Crippen LogP) is 3.13. The fraction of sp³-hybridized carbons (Fsp3) is 0.533. The summed E-state index contributed by atoms with van der Waals surface area (Å²) >= 11 is 1.96. The molecule has 0 atom stereocenters. The summed E-state index contributed by atoms with van der Waals surface area (Å²) in [7, 11) is 0. The number of amides is 1. The van der Waals surface area contributed by atoms with Crippen LogP contribution >= 0.6 is 11.8 Å². The van der Waals surface area contributed by atoms with Gasteiger partial charge in [0.25, 0.3) is 5.91 Å². The lowest BCUT2D eigenvalue weighted by Crippen LogP contribution is -2.25. The molecule has 104 valence electrons. The lowest BCUT2D eigenvalue weighted by atomic mass is 10.2. The van der Waals surface area contributed by atoms with Gasteiger partial charge in [-0.05, 0) is 49.0 Å². The van der Waals surface area contributed by atoms with E-state index in [2.05, 4.69) is 17.6 Å². The summed E-state index contributed by atoms with van der Waals surface area (Å²) in [6.07, 6.45) is 3.40. The van der Waals surface area contributed by atoms with Gasteiger partial charge in [0.2, 0.25) is 0 Å². The summed E-state index contributed by atoms with van der Waals surface area (Å²) in [6, 6.07) is 8.17. The molecular weight excluding hydrogens is 256 g/mol. The van der Waals surface area contributed by atoms with E-state index in [4.69, 9.17) is 0 Å². The zero-order valence-electron chi connectivity index (χ0n) is 11.4. The van der Waals surface area contributed by atoms with E-state index in [0.717, 1.165) is 37.1 Å². The van der Waals surface area contributed by atoms with Gasteiger partial charge >= 0.3 is 0 Å². The van der Waals surface area contributed by atoms with Crippen LogP contribution in [0, 0.1) is 0 Å². The van der Waals surface area contributed by atoms with Crippen LogP contribution in [-0.2, 0) is 0 Å². The van der Waals surface area contributed by atoms with Crippen molar-refractivity contribution in [2.24, 2.45) is 0 Å². The van der Waals surface area contributed by atoms with E-state index in [1.807, 2.05) is 36.0 Å². The van der Waals surface area contributed by atoms with Gasteiger partial charge in [0, 0.05) is 23.8 Å². The summed E-state index contributed by atoms with van der Waals surface area (Å²) in [4.78, 5) is 11.9. The lowest BCUT2D eigenvalue weighted by Gasteiger charge is -2.08. The first kappa shape index (κ1) is 14.3. The number of hydrogen-bond donors (Lipinski definition) is 2. The van der Waals surface area contributed by atoms with Crippen molar-refractivity contribution in [2.75, 3.05) is 23.4 Å². The number of carbonyl (C=O) groups excluding carboxylic acids is 1. The summed E-state index contributed by atoms with van der Waals surface area (Å²) in [6.45, 7) is 3.14. The van der Waals surface area contributed by atoms with E-state index in [1.165, 1.54) is 11.5 Å². The molecule has 0 radical (unpaired) electrons. The Kier molecular flexibility index (Phi) is 5.58. The van der Waals surface area contributed by atoms with Crippen LogP contribution in [0.1, 0.15) is 36.5 Å². The Morgan fingerprint density at radius 1 is 1.42 bits per heavy atom. The van der Waals surface area contributed by atoms with E-state index in [1.54, 1.807) is 0 Å². The maximum atomic E-state index is 11.9. The molecule has 4 heteroatoms. The maximum Gasteiger partial charge on any atom is 0.251 e. The number of hydrogen-bond acceptors (Lipinski definition) is 3. The summed E-state index contributed by atoms with van der Waals surface area (Å²) < 4.78 is 0. The molecule has 1 fully saturated rings. The molecule has 19 heavy (non-hydrogen) atoms. The van der Waals surface area contributed by atoms with Crippen LogP contribution < -0.4 is 10.6 Å². The molecule has 0 aliphatic heterocycles. The van der Waals surface area contributed by atoms with Gasteiger partial charge in [-0.1, -0.05) is 13.0 Å². The van der Waals surface area contributed by atoms with Crippen molar-refractivity contribution in [3.8, 4) is 0 Å². The fourth-order valence-electron chi connectivity index (χ4n) is 1.82. The predicted molar refractivity (Wildman–Crippen MR) is 83.0 cm³/mol. The van der Waals surface area contributed by atoms with Gasteiger partial charge in [-0.2, -0.15) is 11.8 Å². The van der Waals surface area contributed by atoms with Gasteiger partial charge in [0.15, 0.2) is 0 Å². The quantitative estimate of drug-likeness (QED) is 0.718. The summed E-state index contributed by atoms with van der Waals surface area (Å²) in [5.41, 5.74) is 1.78. The minimum atomic E-state index is 0.0488. The second kappa shape index (κ2) is 7.43. The van der Waals surface area contributed by atoms with Gasteiger partial charge < -0.3 is 10.6 Å². The Balaban J connectivity index is 1.78. The molecule has 1 aromatic carbocycles. The summed E-state index contributed by atoms with van der Waals surface area (Å²) in [5, 5.41) is 6.39. The van der Waals surface area contributed by atoms with E-state index < -0.39 is 0 Å². The molecule has 3 nitrogen and oxygen atoms in total. The molecule has 2 N–H and O–H groups in total. The lowest BCUT2D eigenvalue weighted by molar-refractivity contribution is 0.0951. The minimum absolute atomic E-state index is 0.0488. The number of thioether (sulfide) groups is 1. The first-order valence-electron chi connectivity index (χ1n) is 7.02. The van der Waals surface area contributed by atoms with Crippen LogP contribution in [0.25, 0.3) is 0 Å². The Bertz CT molecular complexity index is 418. The number of nitrogens with one attached hydrogen (secondary N) is 2. The molecule has 1 saturated carbocycles. The van der Waals surface area contributed by atoms with Crippen LogP contribution in [-0.4, -0.2) is 30.0 Å². The van der Waals surface area contributed by atoms with Crippen molar-refractivity contribution in [2.45, 2.75) is 32.2 Å². The molecule has 0 aromatic heterocycles. The fourth-order valence-corrected chi connectivity index (χ4v) is 2.46. The van der Waals surface area contributed by atoms with Gasteiger partial charge in [0.05, 0.1) is 0 Å². The van der Waals surface area contributed by atoms with Crippen molar-refractivity contribution in [1.29, 1.82) is 0 Å². The summed E-state index contributed by atoms with van der Waals surface area (Å²) in [5.74, 6) is 2.41. The largest absolute Gasteiger partial charge is 0.385 e. The molecule has 1 aromatic rings. The average Bonchev–Trinajstić information content (AvgIpc) is 3.23. The first-order chi connectivity index (χ1) is 9.29. The maximum absolute atomic E-state index is 11.9. The standard InChI is InChI=1S/C15H22N2OS/c1-2-19-10-4-9-16-14-6-3-5-12(11-14)15(18)17-13-7-8-13/h3,5-6,11,13,16H,2,4,7-10H2,1H3,(H,17,18). The van der Waals surface area contributed by atoms with E-state index in [-0.39, 0.29) is 5.91 Å². The number of benzene rings is 1. The molecule has 0 spiro atoms. The molecule has 0 unspecified atom stereocenters. The molecule has 0 heterocycles. The molecule has 1 amide bonds. The normalized spacial score (nSPS) is 14.2. The van der Waals surface area contributed by atoms with Crippen LogP contribution in [0.4, 0.5) is 5.69 Å². The van der Waals surface area contributed by atoms with Crippen molar-refractivity contribution in [3.05, 3.63) is 29.8 Å². The monoisotopic (exact) mass is 278 g/mol. The number of carbonyl (C=O) groups is 1. The molecule has 1 aliphatic rings. The molecule has 0 bridgehead atoms. The van der Waals surface area contributed by atoms with Gasteiger partial charge in [-0.3, -0.25) is 4.79 Å². The second-order valence-corrected chi connectivity index (χ2v) is 6.20. The number of anilines is 1. The van der Waals surface area contributed by atoms with Crippen molar-refractivity contribution in [3.63, 3.8) is 0 Å². The molecule has 1 aliphatic carbocycles. The van der Waals surface area contributed by atoms with Crippen LogP contribution in [0.5, 0.6) is 0 Å². The SMILES string of the molecule is CCSCCCNc1cccc(C(=O)NC2CC2)c1. The Morgan fingerprint density at radius 2 is 2.26 bits per heavy atom. The Morgan fingerprint density at radius 3 is 3.00 bits per heavy atom. The zero-order valence-corrected chi connectivity index (χ0v) is 12.3. The highest BCUT2D eigenvalue weighted by Gasteiger charge is 2.23. The first-order valence-corrected chi connectivity index (χ1v) is 8.17. The van der Waals surface area contributed by atoms with Gasteiger partial charge in [-0.15, -0.1) is 0 Å². The third-order valence-corrected chi connectivity index (χ3v) is 4.02. The zero-order chi connectivity index (χ0) is 13.5. The molecule has 2 rings (SSSR count). The third-order valence-electron chi connectivity index (χ3n) is 3.04. The topological polar surface area (TPSA) is 41.1 Å². The van der Waals surface area contributed by atoms with Crippen LogP contribution in [0.15, 0.2) is 24.3 Å². The van der Waals surface area contributed by atoms with E-state index in [0.29, 0.717) is 6.04 Å². The highest BCUT2D eigenvalue weighted by molar-refractivity contribution is 7.99. The van der Waals surface area contributed by atoms with Gasteiger partial charge in [-0.25, -0.2) is 0 Å². The third kappa shape index (κ3) is 5.15. The molecule has 0 saturated heterocycles. The van der Waals surface area contributed by atoms with Crippen LogP contribution in [0.3, 0.4) is 0 Å². The smallest absolute Gasteiger partial charge is 0.251 e. The van der Waals surface area contributed by atoms with Crippen molar-refractivity contribution >= 4 is 23.4 Å². The second-order valence-electron chi connectivity index (χ2n) is 4.81. The molecular formula is C15H22N2OS. The Hall–Kier alpha value is -1.16. The Labute approximate surface area is 119 Å². The van der Waals surface area contributed by atoms with Gasteiger partial charge in [0.1, 0.15) is 0 Å². The number of rotatable bonds is 8.